The summed E-state index contributed by atoms with van der Waals surface area (Å²) in [4.78, 5) is 22.0. The predicted octanol–water partition coefficient (Wildman–Crippen LogP) is 2.35. The first-order chi connectivity index (χ1) is 9.22. The highest BCUT2D eigenvalue weighted by Gasteiger charge is 1.99. The highest BCUT2D eigenvalue weighted by molar-refractivity contribution is 5.86. The zero-order chi connectivity index (χ0) is 13.9. The van der Waals surface area contributed by atoms with Gasteiger partial charge in [-0.3, -0.25) is 0 Å². The van der Waals surface area contributed by atoms with Crippen molar-refractivity contribution in [1.29, 1.82) is 0 Å². The van der Waals surface area contributed by atoms with Gasteiger partial charge >= 0.3 is 11.9 Å². The van der Waals surface area contributed by atoms with E-state index >= 15 is 0 Å². The van der Waals surface area contributed by atoms with Crippen LogP contribution in [0.25, 0.3) is 6.08 Å². The minimum absolute atomic E-state index is 0.285. The van der Waals surface area contributed by atoms with E-state index in [4.69, 9.17) is 13.9 Å². The van der Waals surface area contributed by atoms with Gasteiger partial charge in [-0.1, -0.05) is 6.58 Å². The third kappa shape index (κ3) is 6.88. The third-order valence-corrected chi connectivity index (χ3v) is 2.12. The van der Waals surface area contributed by atoms with Gasteiger partial charge in [0, 0.05) is 12.2 Å². The van der Waals surface area contributed by atoms with Crippen LogP contribution < -0.4 is 0 Å². The second-order valence-electron chi connectivity index (χ2n) is 3.59. The predicted molar refractivity (Wildman–Crippen MR) is 69.1 cm³/mol. The molecule has 0 spiro atoms. The molecule has 0 amide bonds. The van der Waals surface area contributed by atoms with E-state index in [9.17, 15) is 9.59 Å². The molecule has 102 valence electrons. The van der Waals surface area contributed by atoms with E-state index < -0.39 is 11.9 Å². The Bertz CT molecular complexity index is 431. The lowest BCUT2D eigenvalue weighted by atomic mass is 10.3. The Hall–Kier alpha value is -2.30. The molecule has 0 aliphatic carbocycles. The standard InChI is InChI=1S/C14H16O5/c1-2-13(15)18-9-3-4-10-19-14(16)8-7-12-6-5-11-17-12/h2,5-8,11H,1,3-4,9-10H2. The molecule has 0 aliphatic rings. The van der Waals surface area contributed by atoms with E-state index in [2.05, 4.69) is 6.58 Å². The summed E-state index contributed by atoms with van der Waals surface area (Å²) >= 11 is 0. The van der Waals surface area contributed by atoms with Crippen LogP contribution in [0.5, 0.6) is 0 Å². The molecule has 5 nitrogen and oxygen atoms in total. The first-order valence-electron chi connectivity index (χ1n) is 5.90. The highest BCUT2D eigenvalue weighted by atomic mass is 16.5. The molecule has 19 heavy (non-hydrogen) atoms. The second kappa shape index (κ2) is 8.74. The molecule has 0 atom stereocenters. The van der Waals surface area contributed by atoms with E-state index in [0.29, 0.717) is 25.2 Å². The number of furan rings is 1. The van der Waals surface area contributed by atoms with Crippen LogP contribution in [-0.2, 0) is 19.1 Å². The Morgan fingerprint density at radius 1 is 1.21 bits per heavy atom. The molecule has 0 radical (unpaired) electrons. The van der Waals surface area contributed by atoms with Crippen molar-refractivity contribution in [2.45, 2.75) is 12.8 Å². The van der Waals surface area contributed by atoms with Crippen LogP contribution in [0.15, 0.2) is 41.5 Å². The largest absolute Gasteiger partial charge is 0.465 e. The summed E-state index contributed by atoms with van der Waals surface area (Å²) in [5, 5.41) is 0. The van der Waals surface area contributed by atoms with Gasteiger partial charge in [0.25, 0.3) is 0 Å². The fourth-order valence-corrected chi connectivity index (χ4v) is 1.19. The van der Waals surface area contributed by atoms with Crippen molar-refractivity contribution < 1.29 is 23.5 Å². The number of unbranched alkanes of at least 4 members (excludes halogenated alkanes) is 1. The van der Waals surface area contributed by atoms with E-state index in [1.54, 1.807) is 12.1 Å². The number of esters is 2. The molecule has 0 N–H and O–H groups in total. The average Bonchev–Trinajstić information content (AvgIpc) is 2.93. The molecule has 0 aliphatic heterocycles. The van der Waals surface area contributed by atoms with Crippen LogP contribution in [0.3, 0.4) is 0 Å². The minimum Gasteiger partial charge on any atom is -0.465 e. The molecule has 1 aromatic rings. The van der Waals surface area contributed by atoms with Crippen molar-refractivity contribution in [3.8, 4) is 0 Å². The summed E-state index contributed by atoms with van der Waals surface area (Å²) in [6.45, 7) is 3.86. The Kier molecular flexibility index (Phi) is 6.79. The molecule has 1 heterocycles. The zero-order valence-electron chi connectivity index (χ0n) is 10.5. The maximum atomic E-state index is 11.3. The van der Waals surface area contributed by atoms with Gasteiger partial charge in [-0.2, -0.15) is 0 Å². The Labute approximate surface area is 111 Å². The Morgan fingerprint density at radius 3 is 2.47 bits per heavy atom. The summed E-state index contributed by atoms with van der Waals surface area (Å²) in [5.74, 6) is -0.286. The van der Waals surface area contributed by atoms with Gasteiger partial charge in [0.15, 0.2) is 0 Å². The smallest absolute Gasteiger partial charge is 0.330 e. The summed E-state index contributed by atoms with van der Waals surface area (Å²) in [5.41, 5.74) is 0. The lowest BCUT2D eigenvalue weighted by Crippen LogP contribution is -2.05. The zero-order valence-corrected chi connectivity index (χ0v) is 10.5. The summed E-state index contributed by atoms with van der Waals surface area (Å²) in [6, 6.07) is 3.47. The number of rotatable bonds is 8. The monoisotopic (exact) mass is 264 g/mol. The van der Waals surface area contributed by atoms with Gasteiger partial charge in [0.2, 0.25) is 0 Å². The second-order valence-corrected chi connectivity index (χ2v) is 3.59. The molecule has 0 aromatic carbocycles. The van der Waals surface area contributed by atoms with Crippen LogP contribution in [0, 0.1) is 0 Å². The Balaban J connectivity index is 2.04. The first kappa shape index (κ1) is 14.8. The summed E-state index contributed by atoms with van der Waals surface area (Å²) < 4.78 is 14.7. The van der Waals surface area contributed by atoms with Gasteiger partial charge in [-0.05, 0) is 31.1 Å². The summed E-state index contributed by atoms with van der Waals surface area (Å²) in [6.07, 6.45) is 6.74. The molecule has 0 saturated carbocycles. The fourth-order valence-electron chi connectivity index (χ4n) is 1.19. The van der Waals surface area contributed by atoms with E-state index in [1.807, 2.05) is 0 Å². The number of ether oxygens (including phenoxy) is 2. The van der Waals surface area contributed by atoms with Gasteiger partial charge in [-0.15, -0.1) is 0 Å². The number of hydrogen-bond donors (Lipinski definition) is 0. The number of carbonyl (C=O) groups excluding carboxylic acids is 2. The van der Waals surface area contributed by atoms with E-state index in [1.165, 1.54) is 18.4 Å². The fraction of sp³-hybridized carbons (Fsp3) is 0.286. The first-order valence-corrected chi connectivity index (χ1v) is 5.90. The highest BCUT2D eigenvalue weighted by Crippen LogP contribution is 2.02. The van der Waals surface area contributed by atoms with Crippen molar-refractivity contribution in [2.75, 3.05) is 13.2 Å². The van der Waals surface area contributed by atoms with Crippen molar-refractivity contribution in [3.05, 3.63) is 42.9 Å². The Morgan fingerprint density at radius 2 is 1.89 bits per heavy atom. The van der Waals surface area contributed by atoms with Crippen LogP contribution in [-0.4, -0.2) is 25.2 Å². The van der Waals surface area contributed by atoms with Gasteiger partial charge in [0.05, 0.1) is 19.5 Å². The molecule has 5 heteroatoms. The SMILES string of the molecule is C=CC(=O)OCCCCOC(=O)C=Cc1ccco1. The van der Waals surface area contributed by atoms with Crippen molar-refractivity contribution in [1.82, 2.24) is 0 Å². The van der Waals surface area contributed by atoms with Crippen LogP contribution in [0.1, 0.15) is 18.6 Å². The normalized spacial score (nSPS) is 10.3. The lowest BCUT2D eigenvalue weighted by molar-refractivity contribution is -0.140. The molecular formula is C14H16O5. The maximum absolute atomic E-state index is 11.3. The van der Waals surface area contributed by atoms with E-state index in [-0.39, 0.29) is 6.61 Å². The topological polar surface area (TPSA) is 65.7 Å². The molecule has 0 bridgehead atoms. The lowest BCUT2D eigenvalue weighted by Gasteiger charge is -2.02. The quantitative estimate of drug-likeness (QED) is 0.409. The van der Waals surface area contributed by atoms with Crippen LogP contribution in [0.2, 0.25) is 0 Å². The van der Waals surface area contributed by atoms with Crippen molar-refractivity contribution in [2.24, 2.45) is 0 Å². The average molecular weight is 264 g/mol. The number of hydrogen-bond acceptors (Lipinski definition) is 5. The minimum atomic E-state index is -0.446. The van der Waals surface area contributed by atoms with Crippen molar-refractivity contribution in [3.63, 3.8) is 0 Å². The molecular weight excluding hydrogens is 248 g/mol. The van der Waals surface area contributed by atoms with Crippen LogP contribution >= 0.6 is 0 Å². The van der Waals surface area contributed by atoms with E-state index in [0.717, 1.165) is 6.08 Å². The molecule has 0 unspecified atom stereocenters. The molecule has 0 fully saturated rings. The summed E-state index contributed by atoms with van der Waals surface area (Å²) in [7, 11) is 0. The molecule has 0 saturated heterocycles. The third-order valence-electron chi connectivity index (χ3n) is 2.12. The maximum Gasteiger partial charge on any atom is 0.330 e. The van der Waals surface area contributed by atoms with Gasteiger partial charge < -0.3 is 13.9 Å². The van der Waals surface area contributed by atoms with Crippen molar-refractivity contribution >= 4 is 18.0 Å². The number of carbonyl (C=O) groups is 2. The van der Waals surface area contributed by atoms with Crippen LogP contribution in [0.4, 0.5) is 0 Å². The van der Waals surface area contributed by atoms with Gasteiger partial charge in [0.1, 0.15) is 5.76 Å². The van der Waals surface area contributed by atoms with Gasteiger partial charge in [-0.25, -0.2) is 9.59 Å². The molecule has 1 aromatic heterocycles. The molecule has 1 rings (SSSR count).